The third kappa shape index (κ3) is 5.10. The summed E-state index contributed by atoms with van der Waals surface area (Å²) >= 11 is 1.41. The largest absolute Gasteiger partial charge is 0.493 e. The predicted molar refractivity (Wildman–Crippen MR) is 144 cm³/mol. The van der Waals surface area contributed by atoms with Crippen LogP contribution in [-0.4, -0.2) is 17.7 Å². The number of carbonyl (C=O) groups excluding carboxylic acids is 1. The highest BCUT2D eigenvalue weighted by molar-refractivity contribution is 8.19. The van der Waals surface area contributed by atoms with Crippen molar-refractivity contribution < 1.29 is 9.53 Å². The van der Waals surface area contributed by atoms with Crippen LogP contribution in [0.2, 0.25) is 0 Å². The molecular weight excluding hydrogens is 440 g/mol. The third-order valence-corrected chi connectivity index (χ3v) is 6.64. The van der Waals surface area contributed by atoms with Gasteiger partial charge >= 0.3 is 0 Å². The number of benzene rings is 3. The highest BCUT2D eigenvalue weighted by Crippen LogP contribution is 2.40. The second kappa shape index (κ2) is 11.2. The van der Waals surface area contributed by atoms with Crippen LogP contribution in [-0.2, 0) is 17.6 Å². The molecular formula is C29H30N2O2S. The molecule has 1 heterocycles. The van der Waals surface area contributed by atoms with Crippen molar-refractivity contribution in [3.63, 3.8) is 0 Å². The zero-order valence-corrected chi connectivity index (χ0v) is 20.8. The maximum Gasteiger partial charge on any atom is 0.271 e. The van der Waals surface area contributed by atoms with Crippen molar-refractivity contribution >= 4 is 40.3 Å². The van der Waals surface area contributed by atoms with Gasteiger partial charge in [-0.3, -0.25) is 9.69 Å². The van der Waals surface area contributed by atoms with Crippen LogP contribution in [0, 0.1) is 0 Å². The van der Waals surface area contributed by atoms with Crippen LogP contribution >= 0.6 is 11.8 Å². The molecule has 1 amide bonds. The molecule has 3 aromatic carbocycles. The Kier molecular flexibility index (Phi) is 7.86. The van der Waals surface area contributed by atoms with E-state index in [1.807, 2.05) is 66.7 Å². The molecule has 0 spiro atoms. The fraction of sp³-hybridized carbons (Fsp3) is 0.241. The van der Waals surface area contributed by atoms with Crippen LogP contribution in [0.1, 0.15) is 43.9 Å². The normalized spacial score (nSPS) is 16.0. The first-order valence-electron chi connectivity index (χ1n) is 11.9. The van der Waals surface area contributed by atoms with Crippen LogP contribution in [0.15, 0.2) is 82.7 Å². The van der Waals surface area contributed by atoms with Gasteiger partial charge in [0.15, 0.2) is 5.17 Å². The van der Waals surface area contributed by atoms with Crippen LogP contribution in [0.4, 0.5) is 11.4 Å². The molecule has 4 rings (SSSR count). The topological polar surface area (TPSA) is 41.9 Å². The average Bonchev–Trinajstić information content (AvgIpc) is 3.17. The molecule has 4 nitrogen and oxygen atoms in total. The van der Waals surface area contributed by atoms with E-state index in [4.69, 9.17) is 9.73 Å². The van der Waals surface area contributed by atoms with Gasteiger partial charge < -0.3 is 4.74 Å². The van der Waals surface area contributed by atoms with Gasteiger partial charge in [-0.15, -0.1) is 0 Å². The van der Waals surface area contributed by atoms with Gasteiger partial charge in [-0.25, -0.2) is 4.99 Å². The molecule has 0 N–H and O–H groups in total. The Morgan fingerprint density at radius 2 is 1.56 bits per heavy atom. The number of carbonyl (C=O) groups is 1. The molecule has 0 unspecified atom stereocenters. The second-order valence-corrected chi connectivity index (χ2v) is 9.01. The third-order valence-electron chi connectivity index (χ3n) is 5.68. The predicted octanol–water partition coefficient (Wildman–Crippen LogP) is 7.41. The van der Waals surface area contributed by atoms with E-state index in [0.29, 0.717) is 16.7 Å². The van der Waals surface area contributed by atoms with Gasteiger partial charge in [-0.05, 0) is 66.4 Å². The van der Waals surface area contributed by atoms with E-state index in [-0.39, 0.29) is 5.91 Å². The smallest absolute Gasteiger partial charge is 0.271 e. The summed E-state index contributed by atoms with van der Waals surface area (Å²) in [7, 11) is 0. The number of hydrogen-bond acceptors (Lipinski definition) is 4. The summed E-state index contributed by atoms with van der Waals surface area (Å²) in [6, 6.07) is 24.0. The molecule has 34 heavy (non-hydrogen) atoms. The van der Waals surface area contributed by atoms with E-state index in [1.54, 1.807) is 4.90 Å². The Morgan fingerprint density at radius 1 is 0.882 bits per heavy atom. The first-order valence-corrected chi connectivity index (χ1v) is 12.7. The molecule has 1 saturated heterocycles. The number of para-hydroxylation sites is 3. The standard InChI is InChI=1S/C29H30N2O2S/c1-4-19-33-26-18-12-9-15-23(26)20-27-28(32)31(25-17-11-8-14-22(25)6-3)29(34-27)30-24-16-10-7-13-21(24)5-2/h7-18,20H,4-6,19H2,1-3H3. The maximum atomic E-state index is 13.8. The average molecular weight is 471 g/mol. The minimum Gasteiger partial charge on any atom is -0.493 e. The lowest BCUT2D eigenvalue weighted by Crippen LogP contribution is -2.29. The molecule has 1 fully saturated rings. The number of amides is 1. The highest BCUT2D eigenvalue weighted by atomic mass is 32.2. The van der Waals surface area contributed by atoms with Gasteiger partial charge in [0.25, 0.3) is 5.91 Å². The van der Waals surface area contributed by atoms with Gasteiger partial charge in [-0.2, -0.15) is 0 Å². The lowest BCUT2D eigenvalue weighted by molar-refractivity contribution is -0.113. The lowest BCUT2D eigenvalue weighted by atomic mass is 10.1. The quantitative estimate of drug-likeness (QED) is 0.322. The molecule has 3 aromatic rings. The first-order chi connectivity index (χ1) is 16.7. The van der Waals surface area contributed by atoms with Crippen molar-refractivity contribution in [2.75, 3.05) is 11.5 Å². The summed E-state index contributed by atoms with van der Waals surface area (Å²) in [4.78, 5) is 21.2. The monoisotopic (exact) mass is 470 g/mol. The summed E-state index contributed by atoms with van der Waals surface area (Å²) in [6.07, 6.45) is 4.56. The zero-order chi connectivity index (χ0) is 23.9. The van der Waals surface area contributed by atoms with Gasteiger partial charge in [0.2, 0.25) is 0 Å². The van der Waals surface area contributed by atoms with Gasteiger partial charge in [0, 0.05) is 5.56 Å². The van der Waals surface area contributed by atoms with Crippen LogP contribution in [0.5, 0.6) is 5.75 Å². The molecule has 0 aliphatic carbocycles. The van der Waals surface area contributed by atoms with Crippen molar-refractivity contribution in [2.24, 2.45) is 4.99 Å². The Bertz CT molecular complexity index is 1230. The van der Waals surface area contributed by atoms with Crippen LogP contribution in [0.3, 0.4) is 0 Å². The SMILES string of the molecule is CCCOc1ccccc1C=C1SC(=Nc2ccccc2CC)N(c2ccccc2CC)C1=O. The number of aliphatic imine (C=N–C) groups is 1. The fourth-order valence-corrected chi connectivity index (χ4v) is 4.87. The van der Waals surface area contributed by atoms with Crippen molar-refractivity contribution in [2.45, 2.75) is 40.0 Å². The fourth-order valence-electron chi connectivity index (χ4n) is 3.90. The summed E-state index contributed by atoms with van der Waals surface area (Å²) in [6.45, 7) is 6.94. The summed E-state index contributed by atoms with van der Waals surface area (Å²) in [5.74, 6) is 0.719. The number of thioether (sulfide) groups is 1. The van der Waals surface area contributed by atoms with Crippen LogP contribution < -0.4 is 9.64 Å². The molecule has 0 atom stereocenters. The molecule has 0 bridgehead atoms. The molecule has 1 aliphatic heterocycles. The van der Waals surface area contributed by atoms with Crippen molar-refractivity contribution in [3.8, 4) is 5.75 Å². The number of nitrogens with zero attached hydrogens (tertiary/aromatic N) is 2. The Hall–Kier alpha value is -3.31. The number of rotatable bonds is 8. The maximum absolute atomic E-state index is 13.8. The van der Waals surface area contributed by atoms with Crippen molar-refractivity contribution in [1.82, 2.24) is 0 Å². The second-order valence-electron chi connectivity index (χ2n) is 8.00. The summed E-state index contributed by atoms with van der Waals surface area (Å²) in [5.41, 5.74) is 4.94. The molecule has 0 aromatic heterocycles. The summed E-state index contributed by atoms with van der Waals surface area (Å²) < 4.78 is 5.92. The molecule has 174 valence electrons. The number of anilines is 1. The van der Waals surface area contributed by atoms with Gasteiger partial charge in [-0.1, -0.05) is 75.4 Å². The lowest BCUT2D eigenvalue weighted by Gasteiger charge is -2.19. The van der Waals surface area contributed by atoms with E-state index < -0.39 is 0 Å². The van der Waals surface area contributed by atoms with E-state index in [9.17, 15) is 4.79 Å². The minimum absolute atomic E-state index is 0.0658. The number of hydrogen-bond donors (Lipinski definition) is 0. The van der Waals surface area contributed by atoms with Crippen molar-refractivity contribution in [3.05, 3.63) is 94.4 Å². The first kappa shape index (κ1) is 23.8. The molecule has 1 aliphatic rings. The molecule has 0 saturated carbocycles. The van der Waals surface area contributed by atoms with Crippen molar-refractivity contribution in [1.29, 1.82) is 0 Å². The van der Waals surface area contributed by atoms with Crippen LogP contribution in [0.25, 0.3) is 6.08 Å². The molecule has 5 heteroatoms. The number of amidine groups is 1. The van der Waals surface area contributed by atoms with E-state index in [2.05, 4.69) is 32.9 Å². The Balaban J connectivity index is 1.82. The number of ether oxygens (including phenoxy) is 1. The molecule has 0 radical (unpaired) electrons. The summed E-state index contributed by atoms with van der Waals surface area (Å²) in [5, 5.41) is 0.671. The van der Waals surface area contributed by atoms with Gasteiger partial charge in [0.05, 0.1) is 22.9 Å². The van der Waals surface area contributed by atoms with Gasteiger partial charge in [0.1, 0.15) is 5.75 Å². The van der Waals surface area contributed by atoms with E-state index in [1.165, 1.54) is 11.8 Å². The minimum atomic E-state index is -0.0658. The zero-order valence-electron chi connectivity index (χ0n) is 20.0. The van der Waals surface area contributed by atoms with E-state index >= 15 is 0 Å². The Morgan fingerprint density at radius 3 is 2.32 bits per heavy atom. The Labute approximate surface area is 206 Å². The van der Waals surface area contributed by atoms with E-state index in [0.717, 1.165) is 53.1 Å². The highest BCUT2D eigenvalue weighted by Gasteiger charge is 2.36. The number of aryl methyl sites for hydroxylation is 2.